The van der Waals surface area contributed by atoms with Crippen LogP contribution < -0.4 is 21.4 Å². The van der Waals surface area contributed by atoms with Crippen LogP contribution in [0.3, 0.4) is 0 Å². The lowest BCUT2D eigenvalue weighted by Crippen LogP contribution is -2.39. The summed E-state index contributed by atoms with van der Waals surface area (Å²) in [6.07, 6.45) is -4.17. The Morgan fingerprint density at radius 2 is 1.69 bits per heavy atom. The molecule has 3 aromatic rings. The van der Waals surface area contributed by atoms with Crippen LogP contribution in [0.15, 0.2) is 60.8 Å². The van der Waals surface area contributed by atoms with E-state index in [9.17, 15) is 26.9 Å². The van der Waals surface area contributed by atoms with E-state index >= 15 is 0 Å². The molecule has 0 saturated heterocycles. The van der Waals surface area contributed by atoms with Gasteiger partial charge < -0.3 is 19.9 Å². The molecule has 1 amide bonds. The number of halogens is 4. The number of nitrogens with one attached hydrogen (secondary N) is 3. The molecule has 3 rings (SSSR count). The number of hydroxylamine groups is 1. The van der Waals surface area contributed by atoms with Crippen molar-refractivity contribution in [1.82, 2.24) is 15.4 Å². The number of alkyl halides is 4. The van der Waals surface area contributed by atoms with Crippen LogP contribution in [0.25, 0.3) is 0 Å². The third-order valence-corrected chi connectivity index (χ3v) is 6.69. The maximum absolute atomic E-state index is 14.1. The van der Waals surface area contributed by atoms with E-state index in [4.69, 9.17) is 4.74 Å². The van der Waals surface area contributed by atoms with Crippen LogP contribution in [0.5, 0.6) is 0 Å². The molecule has 3 N–H and O–H groups in total. The number of hydrogen-bond donors (Lipinski definition) is 3. The van der Waals surface area contributed by atoms with Crippen molar-refractivity contribution in [3.63, 3.8) is 0 Å². The second-order valence-corrected chi connectivity index (χ2v) is 12.6. The van der Waals surface area contributed by atoms with Crippen molar-refractivity contribution in [3.8, 4) is 0 Å². The lowest BCUT2D eigenvalue weighted by molar-refractivity contribution is -0.243. The van der Waals surface area contributed by atoms with Crippen LogP contribution in [-0.4, -0.2) is 47.9 Å². The minimum atomic E-state index is -4.78. The molecule has 39 heavy (non-hydrogen) atoms. The quantitative estimate of drug-likeness (QED) is 0.123. The van der Waals surface area contributed by atoms with E-state index in [1.54, 1.807) is 50.2 Å². The topological polar surface area (TPSA) is 114 Å². The molecule has 210 valence electrons. The van der Waals surface area contributed by atoms with E-state index in [2.05, 4.69) is 25.4 Å². The highest BCUT2D eigenvalue weighted by Crippen LogP contribution is 2.40. The number of benzene rings is 2. The minimum absolute atomic E-state index is 0.207. The second kappa shape index (κ2) is 12.1. The highest BCUT2D eigenvalue weighted by molar-refractivity contribution is 7.70. The molecule has 1 atom stereocenters. The van der Waals surface area contributed by atoms with Crippen molar-refractivity contribution in [1.29, 1.82) is 0 Å². The number of para-hydroxylation sites is 1. The van der Waals surface area contributed by atoms with E-state index in [1.165, 1.54) is 31.5 Å². The average Bonchev–Trinajstić information content (AvgIpc) is 2.85. The van der Waals surface area contributed by atoms with Crippen molar-refractivity contribution in [2.45, 2.75) is 32.1 Å². The first-order valence-electron chi connectivity index (χ1n) is 11.6. The number of nitrogens with zero attached hydrogens (tertiary/aromatic N) is 2. The molecule has 1 unspecified atom stereocenters. The van der Waals surface area contributed by atoms with Crippen molar-refractivity contribution in [2.75, 3.05) is 30.6 Å². The minimum Gasteiger partial charge on any atom is -0.347 e. The summed E-state index contributed by atoms with van der Waals surface area (Å²) >= 11 is 0. The van der Waals surface area contributed by atoms with E-state index in [-0.39, 0.29) is 23.8 Å². The Balaban J connectivity index is 1.70. The van der Waals surface area contributed by atoms with E-state index < -0.39 is 42.7 Å². The molecule has 1 heterocycles. The Bertz CT molecular complexity index is 1340. The van der Waals surface area contributed by atoms with Crippen LogP contribution >= 0.6 is 7.14 Å². The first kappa shape index (κ1) is 30.0. The number of rotatable bonds is 11. The normalized spacial score (nSPS) is 13.0. The zero-order chi connectivity index (χ0) is 28.8. The molecule has 0 aliphatic rings. The third kappa shape index (κ3) is 8.74. The summed E-state index contributed by atoms with van der Waals surface area (Å²) in [5.74, 6) is -1.45. The van der Waals surface area contributed by atoms with Crippen LogP contribution in [0.1, 0.15) is 29.8 Å². The van der Waals surface area contributed by atoms with Crippen molar-refractivity contribution < 1.29 is 36.5 Å². The smallest absolute Gasteiger partial charge is 0.347 e. The number of carbonyl (C=O) groups excluding carboxylic acids is 1. The molecule has 0 radical (unpaired) electrons. The largest absolute Gasteiger partial charge is 0.421 e. The molecular weight excluding hydrogens is 541 g/mol. The fraction of sp³-hybridized carbons (Fsp3) is 0.320. The fourth-order valence-corrected chi connectivity index (χ4v) is 4.47. The van der Waals surface area contributed by atoms with E-state index in [0.717, 1.165) is 0 Å². The fourth-order valence-electron chi connectivity index (χ4n) is 3.32. The molecule has 14 heteroatoms. The van der Waals surface area contributed by atoms with Gasteiger partial charge in [-0.25, -0.2) is 15.3 Å². The van der Waals surface area contributed by atoms with Crippen LogP contribution in [0.2, 0.25) is 0 Å². The summed E-state index contributed by atoms with van der Waals surface area (Å²) in [4.78, 5) is 24.2. The molecule has 0 fully saturated rings. The number of aromatic nitrogens is 2. The Hall–Kier alpha value is -3.54. The standard InChI is InChI=1S/C25H28F4N5O4P/c1-24(2,15-37-22(26)38-34-21(35)16-10-6-5-7-11-16)33-23-30-14-17(25(27,28)29)20(32-23)31-18-12-8-9-13-19(18)39(3,4)36/h5-14,22H,15H2,1-4H3,(H,34,35)(H2,30,31,32,33). The van der Waals surface area contributed by atoms with E-state index in [0.29, 0.717) is 11.5 Å². The summed E-state index contributed by atoms with van der Waals surface area (Å²) in [7, 11) is -2.84. The molecule has 1 aromatic heterocycles. The summed E-state index contributed by atoms with van der Waals surface area (Å²) in [6, 6.07) is 14.3. The molecule has 0 bridgehead atoms. The molecular formula is C25H28F4N5O4P. The molecule has 0 spiro atoms. The van der Waals surface area contributed by atoms with Gasteiger partial charge in [0.05, 0.1) is 17.8 Å². The SMILES string of the molecule is CC(C)(COC(F)ONC(=O)c1ccccc1)Nc1ncc(C(F)(F)F)c(Nc2ccccc2P(C)(C)=O)n1. The maximum Gasteiger partial charge on any atom is 0.421 e. The van der Waals surface area contributed by atoms with Crippen molar-refractivity contribution in [2.24, 2.45) is 0 Å². The molecule has 2 aromatic carbocycles. The number of ether oxygens (including phenoxy) is 1. The monoisotopic (exact) mass is 569 g/mol. The second-order valence-electron chi connectivity index (χ2n) is 9.46. The summed E-state index contributed by atoms with van der Waals surface area (Å²) in [5, 5.41) is 5.79. The Kier molecular flexibility index (Phi) is 9.31. The summed E-state index contributed by atoms with van der Waals surface area (Å²) in [6.45, 7) is 3.46. The first-order valence-corrected chi connectivity index (χ1v) is 14.2. The lowest BCUT2D eigenvalue weighted by atomic mass is 10.1. The van der Waals surface area contributed by atoms with Gasteiger partial charge >= 0.3 is 12.7 Å². The maximum atomic E-state index is 14.1. The van der Waals surface area contributed by atoms with Gasteiger partial charge in [-0.15, -0.1) is 0 Å². The highest BCUT2D eigenvalue weighted by Gasteiger charge is 2.36. The third-order valence-electron chi connectivity index (χ3n) is 5.14. The van der Waals surface area contributed by atoms with Gasteiger partial charge in [-0.3, -0.25) is 4.79 Å². The number of amides is 1. The van der Waals surface area contributed by atoms with Gasteiger partial charge in [0.25, 0.3) is 5.91 Å². The van der Waals surface area contributed by atoms with Crippen LogP contribution in [-0.2, 0) is 20.3 Å². The van der Waals surface area contributed by atoms with Gasteiger partial charge in [-0.05, 0) is 51.4 Å². The Labute approximate surface area is 222 Å². The molecule has 9 nitrogen and oxygen atoms in total. The molecule has 0 saturated carbocycles. The van der Waals surface area contributed by atoms with Crippen LogP contribution in [0.4, 0.5) is 35.0 Å². The van der Waals surface area contributed by atoms with Crippen molar-refractivity contribution >= 4 is 35.8 Å². The lowest BCUT2D eigenvalue weighted by Gasteiger charge is -2.27. The first-order chi connectivity index (χ1) is 18.2. The average molecular weight is 569 g/mol. The van der Waals surface area contributed by atoms with Gasteiger partial charge in [-0.1, -0.05) is 30.3 Å². The number of hydrogen-bond acceptors (Lipinski definition) is 8. The number of anilines is 3. The zero-order valence-electron chi connectivity index (χ0n) is 21.5. The predicted molar refractivity (Wildman–Crippen MR) is 139 cm³/mol. The van der Waals surface area contributed by atoms with Gasteiger partial charge in [-0.2, -0.15) is 22.5 Å². The number of carbonyl (C=O) groups is 1. The molecule has 0 aliphatic carbocycles. The Morgan fingerprint density at radius 3 is 2.33 bits per heavy atom. The van der Waals surface area contributed by atoms with Gasteiger partial charge in [0.15, 0.2) is 0 Å². The Morgan fingerprint density at radius 1 is 1.05 bits per heavy atom. The summed E-state index contributed by atoms with van der Waals surface area (Å²) in [5.41, 5.74) is 0.165. The van der Waals surface area contributed by atoms with Gasteiger partial charge in [0.2, 0.25) is 5.95 Å². The van der Waals surface area contributed by atoms with Gasteiger partial charge in [0, 0.05) is 17.1 Å². The summed E-state index contributed by atoms with van der Waals surface area (Å²) < 4.78 is 72.8. The predicted octanol–water partition coefficient (Wildman–Crippen LogP) is 5.31. The molecule has 0 aliphatic heterocycles. The zero-order valence-corrected chi connectivity index (χ0v) is 22.4. The van der Waals surface area contributed by atoms with Crippen molar-refractivity contribution in [3.05, 3.63) is 71.9 Å². The van der Waals surface area contributed by atoms with Gasteiger partial charge in [0.1, 0.15) is 18.5 Å². The van der Waals surface area contributed by atoms with E-state index in [1.807, 2.05) is 5.48 Å². The van der Waals surface area contributed by atoms with Crippen LogP contribution in [0, 0.1) is 0 Å². The highest BCUT2D eigenvalue weighted by atomic mass is 31.2.